The molecule has 1 aromatic rings. The second kappa shape index (κ2) is 5.93. The molecule has 90 valence electrons. The maximum Gasteiger partial charge on any atom is 0.0441 e. The normalized spacial score (nSPS) is 13.8. The minimum atomic E-state index is 0.353. The number of hydrogen-bond acceptors (Lipinski definition) is 0. The summed E-state index contributed by atoms with van der Waals surface area (Å²) in [5, 5.41) is 0.835. The molecule has 1 atom stereocenters. The summed E-state index contributed by atoms with van der Waals surface area (Å²) in [5.41, 5.74) is 1.54. The lowest BCUT2D eigenvalue weighted by Crippen LogP contribution is -2.09. The molecule has 0 aliphatic carbocycles. The van der Waals surface area contributed by atoms with Crippen molar-refractivity contribution in [3.63, 3.8) is 0 Å². The molecule has 0 fully saturated rings. The Morgan fingerprint density at radius 3 is 2.31 bits per heavy atom. The predicted octanol–water partition coefficient (Wildman–Crippen LogP) is 5.49. The van der Waals surface area contributed by atoms with E-state index in [-0.39, 0.29) is 0 Å². The lowest BCUT2D eigenvalue weighted by Gasteiger charge is -2.22. The van der Waals surface area contributed by atoms with Gasteiger partial charge in [-0.1, -0.05) is 50.6 Å². The van der Waals surface area contributed by atoms with Gasteiger partial charge in [0.15, 0.2) is 0 Å². The standard InChI is InChI=1S/C14H20Cl2/c1-14(2,3)9-8-11(10-15)12-6-4-5-7-13(12)16/h4-7,11H,8-10H2,1-3H3. The Bertz CT molecular complexity index is 326. The van der Waals surface area contributed by atoms with E-state index in [1.807, 2.05) is 18.2 Å². The summed E-state index contributed by atoms with van der Waals surface area (Å²) in [6.45, 7) is 6.76. The van der Waals surface area contributed by atoms with Crippen molar-refractivity contribution in [3.8, 4) is 0 Å². The number of halogens is 2. The summed E-state index contributed by atoms with van der Waals surface area (Å²) < 4.78 is 0. The molecule has 1 aromatic carbocycles. The van der Waals surface area contributed by atoms with Crippen molar-refractivity contribution >= 4 is 23.2 Å². The van der Waals surface area contributed by atoms with Crippen LogP contribution in [0.1, 0.15) is 45.1 Å². The molecule has 0 amide bonds. The average molecular weight is 259 g/mol. The molecule has 0 heterocycles. The Morgan fingerprint density at radius 2 is 1.81 bits per heavy atom. The monoisotopic (exact) mass is 258 g/mol. The van der Waals surface area contributed by atoms with Gasteiger partial charge in [0.2, 0.25) is 0 Å². The highest BCUT2D eigenvalue weighted by atomic mass is 35.5. The van der Waals surface area contributed by atoms with Gasteiger partial charge in [-0.15, -0.1) is 11.6 Å². The third-order valence-corrected chi connectivity index (χ3v) is 3.49. The summed E-state index contributed by atoms with van der Waals surface area (Å²) >= 11 is 12.2. The lowest BCUT2D eigenvalue weighted by molar-refractivity contribution is 0.353. The highest BCUT2D eigenvalue weighted by Gasteiger charge is 2.17. The van der Waals surface area contributed by atoms with Crippen LogP contribution in [0.2, 0.25) is 5.02 Å². The minimum absolute atomic E-state index is 0.353. The van der Waals surface area contributed by atoms with Gasteiger partial charge in [-0.25, -0.2) is 0 Å². The van der Waals surface area contributed by atoms with Gasteiger partial charge in [-0.05, 0) is 35.8 Å². The third kappa shape index (κ3) is 4.35. The Balaban J connectivity index is 2.72. The SMILES string of the molecule is CC(C)(C)CCC(CCl)c1ccccc1Cl. The highest BCUT2D eigenvalue weighted by molar-refractivity contribution is 6.31. The van der Waals surface area contributed by atoms with Gasteiger partial charge < -0.3 is 0 Å². The molecule has 16 heavy (non-hydrogen) atoms. The van der Waals surface area contributed by atoms with Crippen molar-refractivity contribution in [1.29, 1.82) is 0 Å². The van der Waals surface area contributed by atoms with Crippen LogP contribution in [0.3, 0.4) is 0 Å². The number of rotatable bonds is 4. The van der Waals surface area contributed by atoms with Crippen LogP contribution in [0.25, 0.3) is 0 Å². The molecule has 0 saturated heterocycles. The van der Waals surface area contributed by atoms with E-state index in [9.17, 15) is 0 Å². The quantitative estimate of drug-likeness (QED) is 0.627. The van der Waals surface area contributed by atoms with Gasteiger partial charge in [0.05, 0.1) is 0 Å². The highest BCUT2D eigenvalue weighted by Crippen LogP contribution is 2.32. The molecule has 2 heteroatoms. The molecule has 0 aliphatic rings. The van der Waals surface area contributed by atoms with Crippen LogP contribution < -0.4 is 0 Å². The smallest absolute Gasteiger partial charge is 0.0441 e. The molecule has 0 radical (unpaired) electrons. The maximum absolute atomic E-state index is 6.19. The second-order valence-corrected chi connectivity index (χ2v) is 6.19. The zero-order valence-corrected chi connectivity index (χ0v) is 11.8. The maximum atomic E-state index is 6.19. The van der Waals surface area contributed by atoms with Crippen molar-refractivity contribution in [1.82, 2.24) is 0 Å². The minimum Gasteiger partial charge on any atom is -0.126 e. The summed E-state index contributed by atoms with van der Waals surface area (Å²) in [7, 11) is 0. The molecule has 0 bridgehead atoms. The molecule has 0 aliphatic heterocycles. The van der Waals surface area contributed by atoms with E-state index in [0.717, 1.165) is 17.9 Å². The molecule has 0 spiro atoms. The van der Waals surface area contributed by atoms with Crippen molar-refractivity contribution in [2.24, 2.45) is 5.41 Å². The van der Waals surface area contributed by atoms with E-state index in [1.165, 1.54) is 5.56 Å². The average Bonchev–Trinajstić information content (AvgIpc) is 2.20. The fourth-order valence-corrected chi connectivity index (χ4v) is 2.34. The number of alkyl halides is 1. The summed E-state index contributed by atoms with van der Waals surface area (Å²) in [6, 6.07) is 8.00. The van der Waals surface area contributed by atoms with Crippen LogP contribution >= 0.6 is 23.2 Å². The van der Waals surface area contributed by atoms with Crippen molar-refractivity contribution < 1.29 is 0 Å². The van der Waals surface area contributed by atoms with Gasteiger partial charge >= 0.3 is 0 Å². The first-order valence-electron chi connectivity index (χ1n) is 5.74. The third-order valence-electron chi connectivity index (χ3n) is 2.77. The van der Waals surface area contributed by atoms with Gasteiger partial charge in [-0.3, -0.25) is 0 Å². The van der Waals surface area contributed by atoms with Crippen LogP contribution in [0.4, 0.5) is 0 Å². The van der Waals surface area contributed by atoms with E-state index in [2.05, 4.69) is 26.8 Å². The van der Waals surface area contributed by atoms with Gasteiger partial charge in [-0.2, -0.15) is 0 Å². The van der Waals surface area contributed by atoms with E-state index < -0.39 is 0 Å². The van der Waals surface area contributed by atoms with E-state index in [0.29, 0.717) is 17.2 Å². The second-order valence-electron chi connectivity index (χ2n) is 5.47. The Labute approximate surface area is 109 Å². The summed E-state index contributed by atoms with van der Waals surface area (Å²) in [4.78, 5) is 0. The van der Waals surface area contributed by atoms with Crippen LogP contribution in [-0.2, 0) is 0 Å². The van der Waals surface area contributed by atoms with Gasteiger partial charge in [0, 0.05) is 10.9 Å². The van der Waals surface area contributed by atoms with Gasteiger partial charge in [0.25, 0.3) is 0 Å². The molecular formula is C14H20Cl2. The largest absolute Gasteiger partial charge is 0.126 e. The molecule has 0 aromatic heterocycles. The number of benzene rings is 1. The van der Waals surface area contributed by atoms with Crippen LogP contribution in [0, 0.1) is 5.41 Å². The topological polar surface area (TPSA) is 0 Å². The molecule has 0 nitrogen and oxygen atoms in total. The van der Waals surface area contributed by atoms with Crippen LogP contribution in [0.15, 0.2) is 24.3 Å². The fraction of sp³-hybridized carbons (Fsp3) is 0.571. The van der Waals surface area contributed by atoms with E-state index in [1.54, 1.807) is 0 Å². The zero-order chi connectivity index (χ0) is 12.2. The fourth-order valence-electron chi connectivity index (χ4n) is 1.73. The van der Waals surface area contributed by atoms with Gasteiger partial charge in [0.1, 0.15) is 0 Å². The van der Waals surface area contributed by atoms with E-state index >= 15 is 0 Å². The molecular weight excluding hydrogens is 239 g/mol. The molecule has 0 saturated carbocycles. The summed E-state index contributed by atoms with van der Waals surface area (Å²) in [6.07, 6.45) is 2.26. The Hall–Kier alpha value is -0.200. The Kier molecular flexibility index (Phi) is 5.14. The molecule has 0 N–H and O–H groups in total. The summed E-state index contributed by atoms with van der Waals surface area (Å²) in [5.74, 6) is 1.01. The van der Waals surface area contributed by atoms with Crippen molar-refractivity contribution in [2.75, 3.05) is 5.88 Å². The van der Waals surface area contributed by atoms with Crippen LogP contribution in [-0.4, -0.2) is 5.88 Å². The Morgan fingerprint density at radius 1 is 1.19 bits per heavy atom. The van der Waals surface area contributed by atoms with E-state index in [4.69, 9.17) is 23.2 Å². The lowest BCUT2D eigenvalue weighted by atomic mass is 9.85. The number of hydrogen-bond donors (Lipinski definition) is 0. The van der Waals surface area contributed by atoms with Crippen molar-refractivity contribution in [3.05, 3.63) is 34.9 Å². The van der Waals surface area contributed by atoms with Crippen LogP contribution in [0.5, 0.6) is 0 Å². The first-order valence-corrected chi connectivity index (χ1v) is 6.65. The molecule has 1 rings (SSSR count). The van der Waals surface area contributed by atoms with Crippen molar-refractivity contribution in [2.45, 2.75) is 39.5 Å². The molecule has 1 unspecified atom stereocenters. The predicted molar refractivity (Wildman–Crippen MR) is 73.6 cm³/mol. The first kappa shape index (κ1) is 13.9. The zero-order valence-electron chi connectivity index (χ0n) is 10.3. The first-order chi connectivity index (χ1) is 7.44.